The molecule has 1 aliphatic heterocycles. The summed E-state index contributed by atoms with van der Waals surface area (Å²) in [6.07, 6.45) is 0.0670. The first kappa shape index (κ1) is 17.7. The lowest BCUT2D eigenvalue weighted by Gasteiger charge is -2.25. The minimum Gasteiger partial charge on any atom is -0.465 e. The smallest absolute Gasteiger partial charge is 0.405 e. The van der Waals surface area contributed by atoms with Crippen LogP contribution in [0.4, 0.5) is 4.79 Å². The van der Waals surface area contributed by atoms with Gasteiger partial charge < -0.3 is 26.2 Å². The van der Waals surface area contributed by atoms with E-state index in [1.807, 2.05) is 20.8 Å². The van der Waals surface area contributed by atoms with Crippen LogP contribution < -0.4 is 16.0 Å². The van der Waals surface area contributed by atoms with Crippen molar-refractivity contribution in [3.8, 4) is 0 Å². The fourth-order valence-corrected chi connectivity index (χ4v) is 2.49. The Morgan fingerprint density at radius 2 is 2.00 bits per heavy atom. The van der Waals surface area contributed by atoms with Crippen molar-refractivity contribution in [2.75, 3.05) is 6.54 Å². The van der Waals surface area contributed by atoms with E-state index in [1.165, 1.54) is 0 Å². The Morgan fingerprint density at radius 1 is 1.33 bits per heavy atom. The molecule has 1 heterocycles. The molecule has 122 valence electrons. The first-order valence-corrected chi connectivity index (χ1v) is 7.50. The van der Waals surface area contributed by atoms with E-state index in [-0.39, 0.29) is 17.9 Å². The lowest BCUT2D eigenvalue weighted by molar-refractivity contribution is -0.125. The largest absolute Gasteiger partial charge is 0.465 e. The van der Waals surface area contributed by atoms with Crippen LogP contribution in [0, 0.1) is 5.92 Å². The summed E-state index contributed by atoms with van der Waals surface area (Å²) in [6, 6.07) is -0.839. The number of nitrogens with one attached hydrogen (secondary N) is 3. The average Bonchev–Trinajstić information content (AvgIpc) is 2.52. The van der Waals surface area contributed by atoms with E-state index in [0.29, 0.717) is 25.4 Å². The van der Waals surface area contributed by atoms with Crippen molar-refractivity contribution in [1.82, 2.24) is 16.0 Å². The van der Waals surface area contributed by atoms with Gasteiger partial charge in [0.1, 0.15) is 6.04 Å². The summed E-state index contributed by atoms with van der Waals surface area (Å²) in [5, 5.41) is 27.1. The van der Waals surface area contributed by atoms with Gasteiger partial charge in [-0.05, 0) is 32.1 Å². The van der Waals surface area contributed by atoms with Crippen LogP contribution >= 0.6 is 0 Å². The Hall–Kier alpha value is -1.34. The highest BCUT2D eigenvalue weighted by Crippen LogP contribution is 2.12. The number of carboxylic acid groups (broad SMARTS) is 1. The maximum atomic E-state index is 12.3. The van der Waals surface area contributed by atoms with Gasteiger partial charge in [0, 0.05) is 12.6 Å². The average molecular weight is 301 g/mol. The van der Waals surface area contributed by atoms with Gasteiger partial charge in [0.05, 0.1) is 12.1 Å². The molecule has 0 aromatic rings. The van der Waals surface area contributed by atoms with Crippen molar-refractivity contribution in [2.45, 2.75) is 64.3 Å². The van der Waals surface area contributed by atoms with Crippen LogP contribution in [0.25, 0.3) is 0 Å². The molecule has 2 amide bonds. The third-order valence-electron chi connectivity index (χ3n) is 3.70. The van der Waals surface area contributed by atoms with E-state index in [4.69, 9.17) is 5.11 Å². The molecule has 5 N–H and O–H groups in total. The number of β-amino-alcohol motifs (C(OH)–C–C–N with tert-alkyl or cyclic N) is 1. The highest BCUT2D eigenvalue weighted by atomic mass is 16.4. The summed E-state index contributed by atoms with van der Waals surface area (Å²) in [5.41, 5.74) is 0. The first-order valence-electron chi connectivity index (χ1n) is 7.50. The quantitative estimate of drug-likeness (QED) is 0.501. The van der Waals surface area contributed by atoms with Gasteiger partial charge in [0.25, 0.3) is 0 Å². The van der Waals surface area contributed by atoms with Gasteiger partial charge in [-0.2, -0.15) is 0 Å². The number of carbonyl (C=O) groups excluding carboxylic acids is 1. The minimum atomic E-state index is -1.22. The summed E-state index contributed by atoms with van der Waals surface area (Å²) in [6.45, 7) is 6.31. The Kier molecular flexibility index (Phi) is 6.91. The Balaban J connectivity index is 2.63. The fourth-order valence-electron chi connectivity index (χ4n) is 2.49. The molecule has 1 aliphatic rings. The van der Waals surface area contributed by atoms with Crippen molar-refractivity contribution < 1.29 is 19.8 Å². The summed E-state index contributed by atoms with van der Waals surface area (Å²) in [4.78, 5) is 23.1. The highest BCUT2D eigenvalue weighted by molar-refractivity contribution is 5.85. The number of hydrogen-bond donors (Lipinski definition) is 5. The summed E-state index contributed by atoms with van der Waals surface area (Å²) < 4.78 is 0. The monoisotopic (exact) mass is 301 g/mol. The molecule has 1 saturated heterocycles. The number of carbonyl (C=O) groups is 2. The standard InChI is InChI=1S/C14H27N3O4/c1-8(2)6-11(17-14(20)21)13(19)16-10-5-4-9(3)15-7-12(10)18/h8-12,15,17-18H,4-7H2,1-3H3,(H,16,19)(H,20,21)/t9-,10+,11-,12+/m0/s1. The fraction of sp³-hybridized carbons (Fsp3) is 0.857. The zero-order valence-electron chi connectivity index (χ0n) is 12.9. The summed E-state index contributed by atoms with van der Waals surface area (Å²) >= 11 is 0. The van der Waals surface area contributed by atoms with Gasteiger partial charge in [0.15, 0.2) is 0 Å². The third kappa shape index (κ3) is 6.31. The molecule has 0 aliphatic carbocycles. The van der Waals surface area contributed by atoms with E-state index in [0.717, 1.165) is 6.42 Å². The molecule has 0 spiro atoms. The molecular weight excluding hydrogens is 274 g/mol. The Morgan fingerprint density at radius 3 is 2.57 bits per heavy atom. The maximum Gasteiger partial charge on any atom is 0.405 e. The molecule has 4 atom stereocenters. The van der Waals surface area contributed by atoms with Crippen LogP contribution in [-0.4, -0.2) is 53.0 Å². The number of aliphatic hydroxyl groups is 1. The second-order valence-corrected chi connectivity index (χ2v) is 6.20. The van der Waals surface area contributed by atoms with Gasteiger partial charge in [-0.3, -0.25) is 4.79 Å². The van der Waals surface area contributed by atoms with Crippen LogP contribution in [-0.2, 0) is 4.79 Å². The van der Waals surface area contributed by atoms with Crippen molar-refractivity contribution in [3.05, 3.63) is 0 Å². The van der Waals surface area contributed by atoms with Gasteiger partial charge >= 0.3 is 6.09 Å². The first-order chi connectivity index (χ1) is 9.79. The summed E-state index contributed by atoms with van der Waals surface area (Å²) in [5.74, 6) is -0.182. The van der Waals surface area contributed by atoms with Crippen LogP contribution in [0.3, 0.4) is 0 Å². The van der Waals surface area contributed by atoms with E-state index >= 15 is 0 Å². The number of hydrogen-bond acceptors (Lipinski definition) is 4. The molecule has 0 aromatic heterocycles. The van der Waals surface area contributed by atoms with Gasteiger partial charge in [-0.15, -0.1) is 0 Å². The topological polar surface area (TPSA) is 111 Å². The predicted octanol–water partition coefficient (Wildman–Crippen LogP) is 0.286. The molecular formula is C14H27N3O4. The maximum absolute atomic E-state index is 12.3. The molecule has 7 nitrogen and oxygen atoms in total. The summed E-state index contributed by atoms with van der Waals surface area (Å²) in [7, 11) is 0. The lowest BCUT2D eigenvalue weighted by Crippen LogP contribution is -2.53. The van der Waals surface area contributed by atoms with Crippen LogP contribution in [0.15, 0.2) is 0 Å². The Bertz CT molecular complexity index is 362. The molecule has 0 unspecified atom stereocenters. The molecule has 1 fully saturated rings. The van der Waals surface area contributed by atoms with E-state index in [1.54, 1.807) is 0 Å². The van der Waals surface area contributed by atoms with E-state index < -0.39 is 18.2 Å². The number of amides is 2. The molecule has 7 heteroatoms. The van der Waals surface area contributed by atoms with Crippen molar-refractivity contribution in [3.63, 3.8) is 0 Å². The second-order valence-electron chi connectivity index (χ2n) is 6.20. The van der Waals surface area contributed by atoms with Gasteiger partial charge in [0.2, 0.25) is 5.91 Å². The van der Waals surface area contributed by atoms with Crippen LogP contribution in [0.1, 0.15) is 40.0 Å². The van der Waals surface area contributed by atoms with Crippen LogP contribution in [0.2, 0.25) is 0 Å². The molecule has 0 aromatic carbocycles. The molecule has 0 radical (unpaired) electrons. The minimum absolute atomic E-state index is 0.188. The van der Waals surface area contributed by atoms with Crippen LogP contribution in [0.5, 0.6) is 0 Å². The molecule has 0 bridgehead atoms. The zero-order valence-corrected chi connectivity index (χ0v) is 12.9. The van der Waals surface area contributed by atoms with Crippen molar-refractivity contribution in [1.29, 1.82) is 0 Å². The molecule has 1 rings (SSSR count). The van der Waals surface area contributed by atoms with Gasteiger partial charge in [-0.1, -0.05) is 13.8 Å². The number of rotatable bonds is 5. The lowest BCUT2D eigenvalue weighted by atomic mass is 10.0. The Labute approximate surface area is 125 Å². The predicted molar refractivity (Wildman–Crippen MR) is 79.0 cm³/mol. The van der Waals surface area contributed by atoms with Crippen molar-refractivity contribution in [2.24, 2.45) is 5.92 Å². The zero-order chi connectivity index (χ0) is 16.0. The number of aliphatic hydroxyl groups excluding tert-OH is 1. The van der Waals surface area contributed by atoms with Crippen molar-refractivity contribution >= 4 is 12.0 Å². The second kappa shape index (κ2) is 8.19. The highest BCUT2D eigenvalue weighted by Gasteiger charge is 2.29. The van der Waals surface area contributed by atoms with Gasteiger partial charge in [-0.25, -0.2) is 4.79 Å². The van der Waals surface area contributed by atoms with E-state index in [9.17, 15) is 14.7 Å². The normalized spacial score (nSPS) is 27.8. The molecule has 21 heavy (non-hydrogen) atoms. The third-order valence-corrected chi connectivity index (χ3v) is 3.70. The molecule has 0 saturated carbocycles. The van der Waals surface area contributed by atoms with E-state index in [2.05, 4.69) is 16.0 Å². The SMILES string of the molecule is CC(C)C[C@H](NC(=O)O)C(=O)N[C@@H]1CC[C@H](C)NC[C@H]1O.